The third-order valence-corrected chi connectivity index (χ3v) is 5.66. The second-order valence-electron chi connectivity index (χ2n) is 7.21. The number of nitrogens with zero attached hydrogens (tertiary/aromatic N) is 3. The largest absolute Gasteiger partial charge is 0.342 e. The summed E-state index contributed by atoms with van der Waals surface area (Å²) < 4.78 is 0. The first kappa shape index (κ1) is 17.9. The van der Waals surface area contributed by atoms with Crippen molar-refractivity contribution in [3.63, 3.8) is 0 Å². The van der Waals surface area contributed by atoms with Gasteiger partial charge in [0, 0.05) is 39.0 Å². The lowest BCUT2D eigenvalue weighted by Crippen LogP contribution is -2.43. The van der Waals surface area contributed by atoms with E-state index in [1.165, 1.54) is 6.42 Å². The summed E-state index contributed by atoms with van der Waals surface area (Å²) in [7, 11) is 3.77. The van der Waals surface area contributed by atoms with Gasteiger partial charge in [-0.25, -0.2) is 0 Å². The van der Waals surface area contributed by atoms with Crippen LogP contribution >= 0.6 is 0 Å². The summed E-state index contributed by atoms with van der Waals surface area (Å²) in [4.78, 5) is 33.2. The molecule has 0 bridgehead atoms. The molecule has 1 aromatic rings. The highest BCUT2D eigenvalue weighted by atomic mass is 16.2. The summed E-state index contributed by atoms with van der Waals surface area (Å²) in [5.74, 6) is 0.559. The lowest BCUT2D eigenvalue weighted by atomic mass is 9.90. The van der Waals surface area contributed by atoms with Gasteiger partial charge in [0.15, 0.2) is 0 Å². The van der Waals surface area contributed by atoms with Crippen LogP contribution in [0.3, 0.4) is 0 Å². The smallest absolute Gasteiger partial charge is 0.228 e. The Kier molecular flexibility index (Phi) is 5.68. The van der Waals surface area contributed by atoms with E-state index in [9.17, 15) is 9.59 Å². The highest BCUT2D eigenvalue weighted by molar-refractivity contribution is 5.90. The maximum absolute atomic E-state index is 13.1. The first-order chi connectivity index (χ1) is 12.1. The number of pyridine rings is 1. The van der Waals surface area contributed by atoms with Crippen LogP contribution < -0.4 is 5.32 Å². The summed E-state index contributed by atoms with van der Waals surface area (Å²) in [6.45, 7) is 2.65. The Morgan fingerprint density at radius 1 is 1.36 bits per heavy atom. The van der Waals surface area contributed by atoms with Gasteiger partial charge in [-0.2, -0.15) is 0 Å². The second kappa shape index (κ2) is 7.95. The van der Waals surface area contributed by atoms with Crippen LogP contribution in [0.5, 0.6) is 0 Å². The number of nitrogens with one attached hydrogen (secondary N) is 1. The predicted octanol–water partition coefficient (Wildman–Crippen LogP) is 1.45. The molecule has 2 aliphatic rings. The predicted molar refractivity (Wildman–Crippen MR) is 95.7 cm³/mol. The van der Waals surface area contributed by atoms with Crippen LogP contribution in [0, 0.1) is 11.8 Å². The number of amides is 2. The van der Waals surface area contributed by atoms with Crippen molar-refractivity contribution in [1.82, 2.24) is 20.1 Å². The minimum atomic E-state index is -0.296. The molecule has 0 radical (unpaired) electrons. The summed E-state index contributed by atoms with van der Waals surface area (Å²) in [6.07, 6.45) is 7.07. The SMILES string of the molecule is CNCCC1CCN(C(=O)C2CC(=O)N(C)C2c2cccnc2)CC1. The monoisotopic (exact) mass is 344 g/mol. The molecule has 0 aromatic carbocycles. The highest BCUT2D eigenvalue weighted by Gasteiger charge is 2.44. The van der Waals surface area contributed by atoms with E-state index in [4.69, 9.17) is 0 Å². The zero-order valence-corrected chi connectivity index (χ0v) is 15.1. The average molecular weight is 344 g/mol. The maximum atomic E-state index is 13.1. The number of hydrogen-bond donors (Lipinski definition) is 1. The fourth-order valence-electron chi connectivity index (χ4n) is 4.12. The van der Waals surface area contributed by atoms with Crippen LogP contribution in [-0.4, -0.2) is 60.3 Å². The third-order valence-electron chi connectivity index (χ3n) is 5.66. The van der Waals surface area contributed by atoms with E-state index < -0.39 is 0 Å². The van der Waals surface area contributed by atoms with Gasteiger partial charge in [-0.05, 0) is 50.4 Å². The van der Waals surface area contributed by atoms with Gasteiger partial charge < -0.3 is 15.1 Å². The van der Waals surface area contributed by atoms with Crippen molar-refractivity contribution in [3.05, 3.63) is 30.1 Å². The molecule has 1 N–H and O–H groups in total. The van der Waals surface area contributed by atoms with Gasteiger partial charge in [-0.3, -0.25) is 14.6 Å². The van der Waals surface area contributed by atoms with Crippen LogP contribution in [0.2, 0.25) is 0 Å². The number of piperidine rings is 1. The lowest BCUT2D eigenvalue weighted by Gasteiger charge is -2.35. The van der Waals surface area contributed by atoms with Crippen LogP contribution in [0.1, 0.15) is 37.3 Å². The van der Waals surface area contributed by atoms with Crippen molar-refractivity contribution in [2.75, 3.05) is 33.7 Å². The van der Waals surface area contributed by atoms with Gasteiger partial charge in [0.1, 0.15) is 0 Å². The van der Waals surface area contributed by atoms with Gasteiger partial charge in [-0.15, -0.1) is 0 Å². The van der Waals surface area contributed by atoms with E-state index in [1.807, 2.05) is 24.1 Å². The first-order valence-electron chi connectivity index (χ1n) is 9.20. The molecule has 0 aliphatic carbocycles. The van der Waals surface area contributed by atoms with E-state index >= 15 is 0 Å². The molecule has 0 saturated carbocycles. The van der Waals surface area contributed by atoms with E-state index in [0.29, 0.717) is 12.3 Å². The van der Waals surface area contributed by atoms with E-state index in [0.717, 1.165) is 38.0 Å². The summed E-state index contributed by atoms with van der Waals surface area (Å²) in [6, 6.07) is 3.62. The lowest BCUT2D eigenvalue weighted by molar-refractivity contribution is -0.138. The minimum Gasteiger partial charge on any atom is -0.342 e. The van der Waals surface area contributed by atoms with Gasteiger partial charge in [0.2, 0.25) is 11.8 Å². The van der Waals surface area contributed by atoms with Gasteiger partial charge in [0.25, 0.3) is 0 Å². The molecule has 3 rings (SSSR count). The van der Waals surface area contributed by atoms with Crippen molar-refractivity contribution in [2.45, 2.75) is 31.7 Å². The van der Waals surface area contributed by atoms with Gasteiger partial charge in [-0.1, -0.05) is 6.07 Å². The number of likely N-dealkylation sites (tertiary alicyclic amines) is 2. The summed E-state index contributed by atoms with van der Waals surface area (Å²) in [5, 5.41) is 3.20. The molecule has 2 saturated heterocycles. The van der Waals surface area contributed by atoms with Crippen LogP contribution in [0.25, 0.3) is 0 Å². The molecule has 6 nitrogen and oxygen atoms in total. The number of carbonyl (C=O) groups is 2. The Labute approximate surface area is 149 Å². The number of hydrogen-bond acceptors (Lipinski definition) is 4. The molecule has 0 spiro atoms. The van der Waals surface area contributed by atoms with Crippen LogP contribution in [0.15, 0.2) is 24.5 Å². The molecule has 2 amide bonds. The molecule has 25 heavy (non-hydrogen) atoms. The molecule has 2 fully saturated rings. The fourth-order valence-corrected chi connectivity index (χ4v) is 4.12. The zero-order chi connectivity index (χ0) is 17.8. The van der Waals surface area contributed by atoms with Crippen molar-refractivity contribution < 1.29 is 9.59 Å². The molecule has 2 aliphatic heterocycles. The number of aromatic nitrogens is 1. The quantitative estimate of drug-likeness (QED) is 0.878. The first-order valence-corrected chi connectivity index (χ1v) is 9.20. The van der Waals surface area contributed by atoms with Crippen molar-refractivity contribution in [2.24, 2.45) is 11.8 Å². The molecular formula is C19H28N4O2. The zero-order valence-electron chi connectivity index (χ0n) is 15.1. The van der Waals surface area contributed by atoms with Gasteiger partial charge in [0.05, 0.1) is 12.0 Å². The van der Waals surface area contributed by atoms with E-state index in [2.05, 4.69) is 10.3 Å². The van der Waals surface area contributed by atoms with Gasteiger partial charge >= 0.3 is 0 Å². The minimum absolute atomic E-state index is 0.0381. The Morgan fingerprint density at radius 3 is 2.76 bits per heavy atom. The Balaban J connectivity index is 1.67. The standard InChI is InChI=1S/C19H28N4O2/c1-20-9-5-14-6-10-23(11-7-14)19(25)16-12-17(24)22(2)18(16)15-4-3-8-21-13-15/h3-4,8,13-14,16,18,20H,5-7,9-12H2,1-2H3. The average Bonchev–Trinajstić information content (AvgIpc) is 2.95. The maximum Gasteiger partial charge on any atom is 0.228 e. The van der Waals surface area contributed by atoms with Crippen molar-refractivity contribution >= 4 is 11.8 Å². The van der Waals surface area contributed by atoms with Crippen LogP contribution in [-0.2, 0) is 9.59 Å². The molecule has 2 unspecified atom stereocenters. The molecule has 2 atom stereocenters. The van der Waals surface area contributed by atoms with E-state index in [-0.39, 0.29) is 23.8 Å². The highest BCUT2D eigenvalue weighted by Crippen LogP contribution is 2.38. The molecular weight excluding hydrogens is 316 g/mol. The second-order valence-corrected chi connectivity index (χ2v) is 7.21. The topological polar surface area (TPSA) is 65.5 Å². The Morgan fingerprint density at radius 2 is 2.12 bits per heavy atom. The number of carbonyl (C=O) groups excluding carboxylic acids is 2. The van der Waals surface area contributed by atoms with Crippen molar-refractivity contribution in [1.29, 1.82) is 0 Å². The Hall–Kier alpha value is -1.95. The van der Waals surface area contributed by atoms with Crippen molar-refractivity contribution in [3.8, 4) is 0 Å². The number of rotatable bonds is 5. The third kappa shape index (κ3) is 3.84. The fraction of sp³-hybridized carbons (Fsp3) is 0.632. The van der Waals surface area contributed by atoms with E-state index in [1.54, 1.807) is 24.3 Å². The van der Waals surface area contributed by atoms with Crippen LogP contribution in [0.4, 0.5) is 0 Å². The molecule has 1 aromatic heterocycles. The summed E-state index contributed by atoms with van der Waals surface area (Å²) in [5.41, 5.74) is 0.943. The Bertz CT molecular complexity index is 599. The molecule has 136 valence electrons. The molecule has 6 heteroatoms. The normalized spacial score (nSPS) is 24.8. The summed E-state index contributed by atoms with van der Waals surface area (Å²) >= 11 is 0. The molecule has 3 heterocycles.